The van der Waals surface area contributed by atoms with E-state index >= 15 is 0 Å². The number of ether oxygens (including phenoxy) is 1. The molecule has 1 fully saturated rings. The molecule has 3 heteroatoms. The largest absolute Gasteiger partial charge is 0.379 e. The van der Waals surface area contributed by atoms with Gasteiger partial charge < -0.3 is 10.1 Å². The van der Waals surface area contributed by atoms with E-state index in [4.69, 9.17) is 4.74 Å². The first-order chi connectivity index (χ1) is 8.89. The standard InChI is InChI=1S/C16H34N2O/c1-7-8-14-12-18(10-9-16(4,5)19-6)15(11-17-14)13(2)3/h13-15,17H,7-12H2,1-6H3. The Hall–Kier alpha value is -0.120. The van der Waals surface area contributed by atoms with Crippen LogP contribution in [0.15, 0.2) is 0 Å². The summed E-state index contributed by atoms with van der Waals surface area (Å²) in [7, 11) is 1.82. The van der Waals surface area contributed by atoms with Crippen molar-refractivity contribution in [1.29, 1.82) is 0 Å². The van der Waals surface area contributed by atoms with Crippen molar-refractivity contribution in [2.75, 3.05) is 26.7 Å². The van der Waals surface area contributed by atoms with Crippen molar-refractivity contribution in [2.45, 2.75) is 71.6 Å². The van der Waals surface area contributed by atoms with Gasteiger partial charge in [-0.3, -0.25) is 4.90 Å². The highest BCUT2D eigenvalue weighted by Crippen LogP contribution is 2.20. The molecule has 1 heterocycles. The lowest BCUT2D eigenvalue weighted by atomic mass is 9.95. The first-order valence-electron chi connectivity index (χ1n) is 7.92. The Kier molecular flexibility index (Phi) is 6.78. The molecule has 0 saturated carbocycles. The molecule has 0 amide bonds. The molecule has 0 aromatic heterocycles. The highest BCUT2D eigenvalue weighted by Gasteiger charge is 2.30. The molecule has 0 aromatic rings. The van der Waals surface area contributed by atoms with E-state index in [1.807, 2.05) is 7.11 Å². The molecule has 2 unspecified atom stereocenters. The van der Waals surface area contributed by atoms with Crippen molar-refractivity contribution in [2.24, 2.45) is 5.92 Å². The summed E-state index contributed by atoms with van der Waals surface area (Å²) in [4.78, 5) is 2.68. The fourth-order valence-corrected chi connectivity index (χ4v) is 2.87. The van der Waals surface area contributed by atoms with Gasteiger partial charge in [-0.05, 0) is 32.6 Å². The quantitative estimate of drug-likeness (QED) is 0.770. The van der Waals surface area contributed by atoms with E-state index in [1.54, 1.807) is 0 Å². The molecular weight excluding hydrogens is 236 g/mol. The number of nitrogens with one attached hydrogen (secondary N) is 1. The highest BCUT2D eigenvalue weighted by atomic mass is 16.5. The lowest BCUT2D eigenvalue weighted by molar-refractivity contribution is -0.00403. The smallest absolute Gasteiger partial charge is 0.0634 e. The van der Waals surface area contributed by atoms with Crippen LogP contribution in [0.1, 0.15) is 53.9 Å². The normalized spacial score (nSPS) is 26.1. The molecule has 0 aromatic carbocycles. The van der Waals surface area contributed by atoms with Gasteiger partial charge in [-0.25, -0.2) is 0 Å². The third-order valence-electron chi connectivity index (χ3n) is 4.50. The van der Waals surface area contributed by atoms with Crippen LogP contribution in [0, 0.1) is 5.92 Å². The van der Waals surface area contributed by atoms with Crippen LogP contribution in [0.25, 0.3) is 0 Å². The van der Waals surface area contributed by atoms with Gasteiger partial charge in [0, 0.05) is 38.8 Å². The molecule has 1 aliphatic rings. The van der Waals surface area contributed by atoms with Crippen LogP contribution in [0.2, 0.25) is 0 Å². The summed E-state index contributed by atoms with van der Waals surface area (Å²) in [6, 6.07) is 1.34. The zero-order valence-electron chi connectivity index (χ0n) is 13.8. The Bertz CT molecular complexity index is 253. The van der Waals surface area contributed by atoms with Gasteiger partial charge in [0.2, 0.25) is 0 Å². The lowest BCUT2D eigenvalue weighted by Crippen LogP contribution is -2.58. The second-order valence-electron chi connectivity index (χ2n) is 6.91. The lowest BCUT2D eigenvalue weighted by Gasteiger charge is -2.43. The van der Waals surface area contributed by atoms with Crippen LogP contribution in [-0.4, -0.2) is 49.3 Å². The van der Waals surface area contributed by atoms with Gasteiger partial charge in [0.05, 0.1) is 5.60 Å². The van der Waals surface area contributed by atoms with Crippen LogP contribution in [0.4, 0.5) is 0 Å². The van der Waals surface area contributed by atoms with E-state index in [0.717, 1.165) is 19.5 Å². The van der Waals surface area contributed by atoms with Gasteiger partial charge in [0.25, 0.3) is 0 Å². The molecule has 0 spiro atoms. The van der Waals surface area contributed by atoms with Crippen LogP contribution < -0.4 is 5.32 Å². The predicted molar refractivity (Wildman–Crippen MR) is 82.6 cm³/mol. The number of hydrogen-bond donors (Lipinski definition) is 1. The average Bonchev–Trinajstić information content (AvgIpc) is 2.37. The molecule has 1 saturated heterocycles. The molecule has 2 atom stereocenters. The number of piperazine rings is 1. The number of hydrogen-bond acceptors (Lipinski definition) is 3. The molecule has 19 heavy (non-hydrogen) atoms. The number of methoxy groups -OCH3 is 1. The van der Waals surface area contributed by atoms with Crippen molar-refractivity contribution in [3.8, 4) is 0 Å². The highest BCUT2D eigenvalue weighted by molar-refractivity contribution is 4.88. The van der Waals surface area contributed by atoms with E-state index in [9.17, 15) is 0 Å². The van der Waals surface area contributed by atoms with Crippen LogP contribution in [0.5, 0.6) is 0 Å². The first kappa shape index (κ1) is 16.9. The Labute approximate surface area is 120 Å². The summed E-state index contributed by atoms with van der Waals surface area (Å²) < 4.78 is 5.56. The first-order valence-corrected chi connectivity index (χ1v) is 7.92. The fourth-order valence-electron chi connectivity index (χ4n) is 2.87. The molecule has 3 nitrogen and oxygen atoms in total. The minimum atomic E-state index is -0.00728. The minimum Gasteiger partial charge on any atom is -0.379 e. The average molecular weight is 270 g/mol. The summed E-state index contributed by atoms with van der Waals surface area (Å²) >= 11 is 0. The van der Waals surface area contributed by atoms with Gasteiger partial charge in [0.15, 0.2) is 0 Å². The van der Waals surface area contributed by atoms with Crippen LogP contribution >= 0.6 is 0 Å². The molecule has 1 rings (SSSR count). The van der Waals surface area contributed by atoms with E-state index in [-0.39, 0.29) is 5.60 Å². The topological polar surface area (TPSA) is 24.5 Å². The maximum atomic E-state index is 5.56. The van der Waals surface area contributed by atoms with Gasteiger partial charge in [-0.15, -0.1) is 0 Å². The molecular formula is C16H34N2O. The summed E-state index contributed by atoms with van der Waals surface area (Å²) in [6.45, 7) is 14.8. The van der Waals surface area contributed by atoms with Gasteiger partial charge >= 0.3 is 0 Å². The Morgan fingerprint density at radius 3 is 2.58 bits per heavy atom. The molecule has 1 aliphatic heterocycles. The monoisotopic (exact) mass is 270 g/mol. The summed E-state index contributed by atoms with van der Waals surface area (Å²) in [5, 5.41) is 3.72. The molecule has 0 bridgehead atoms. The summed E-state index contributed by atoms with van der Waals surface area (Å²) in [6.07, 6.45) is 3.65. The van der Waals surface area contributed by atoms with E-state index in [1.165, 1.54) is 19.4 Å². The van der Waals surface area contributed by atoms with Crippen molar-refractivity contribution in [1.82, 2.24) is 10.2 Å². The Balaban J connectivity index is 2.56. The minimum absolute atomic E-state index is 0.00728. The molecule has 1 N–H and O–H groups in total. The second kappa shape index (κ2) is 7.61. The second-order valence-corrected chi connectivity index (χ2v) is 6.91. The van der Waals surface area contributed by atoms with Crippen molar-refractivity contribution >= 4 is 0 Å². The number of nitrogens with zero attached hydrogens (tertiary/aromatic N) is 1. The summed E-state index contributed by atoms with van der Waals surface area (Å²) in [5.41, 5.74) is -0.00728. The van der Waals surface area contributed by atoms with E-state index in [0.29, 0.717) is 18.0 Å². The molecule has 0 aliphatic carbocycles. The van der Waals surface area contributed by atoms with Gasteiger partial charge in [-0.2, -0.15) is 0 Å². The molecule has 0 radical (unpaired) electrons. The zero-order chi connectivity index (χ0) is 14.5. The third-order valence-corrected chi connectivity index (χ3v) is 4.50. The Morgan fingerprint density at radius 1 is 1.37 bits per heavy atom. The Morgan fingerprint density at radius 2 is 2.05 bits per heavy atom. The van der Waals surface area contributed by atoms with Gasteiger partial charge in [0.1, 0.15) is 0 Å². The van der Waals surface area contributed by atoms with Crippen molar-refractivity contribution < 1.29 is 4.74 Å². The predicted octanol–water partition coefficient (Wildman–Crippen LogP) is 2.90. The van der Waals surface area contributed by atoms with E-state index < -0.39 is 0 Å². The van der Waals surface area contributed by atoms with Crippen molar-refractivity contribution in [3.63, 3.8) is 0 Å². The zero-order valence-corrected chi connectivity index (χ0v) is 13.8. The third kappa shape index (κ3) is 5.41. The molecule has 114 valence electrons. The fraction of sp³-hybridized carbons (Fsp3) is 1.00. The maximum absolute atomic E-state index is 5.56. The number of rotatable bonds is 7. The van der Waals surface area contributed by atoms with Crippen LogP contribution in [-0.2, 0) is 4.74 Å². The summed E-state index contributed by atoms with van der Waals surface area (Å²) in [5.74, 6) is 0.709. The van der Waals surface area contributed by atoms with Crippen molar-refractivity contribution in [3.05, 3.63) is 0 Å². The maximum Gasteiger partial charge on any atom is 0.0634 e. The van der Waals surface area contributed by atoms with Crippen LogP contribution in [0.3, 0.4) is 0 Å². The van der Waals surface area contributed by atoms with E-state index in [2.05, 4.69) is 44.8 Å². The SMILES string of the molecule is CCCC1CN(CCC(C)(C)OC)C(C(C)C)CN1. The van der Waals surface area contributed by atoms with Gasteiger partial charge in [-0.1, -0.05) is 27.2 Å².